The second kappa shape index (κ2) is 7.85. The lowest BCUT2D eigenvalue weighted by molar-refractivity contribution is 0.148. The van der Waals surface area contributed by atoms with Crippen LogP contribution in [0.1, 0.15) is 27.8 Å². The molecule has 3 rings (SSSR count). The standard InChI is InChI=1S/C21H24N6O/c1-13-8-15(12-27-6-4-26(3)5-7-27)14(2)16(9-13)19-17(10-22)20(24)25-21(28)18(19)11-23/h8-9H,4-7,12H2,1-3H3,(H3,24,25,28). The molecule has 7 heteroatoms. The minimum atomic E-state index is -0.574. The van der Waals surface area contributed by atoms with Gasteiger partial charge in [0.05, 0.1) is 0 Å². The van der Waals surface area contributed by atoms with Gasteiger partial charge in [-0.1, -0.05) is 17.7 Å². The Morgan fingerprint density at radius 2 is 1.75 bits per heavy atom. The van der Waals surface area contributed by atoms with Crippen molar-refractivity contribution in [3.8, 4) is 23.3 Å². The van der Waals surface area contributed by atoms with E-state index in [9.17, 15) is 15.3 Å². The van der Waals surface area contributed by atoms with Gasteiger partial charge >= 0.3 is 0 Å². The summed E-state index contributed by atoms with van der Waals surface area (Å²) in [7, 11) is 2.12. The van der Waals surface area contributed by atoms with Crippen molar-refractivity contribution >= 4 is 5.82 Å². The summed E-state index contributed by atoms with van der Waals surface area (Å²) >= 11 is 0. The van der Waals surface area contributed by atoms with Crippen molar-refractivity contribution in [1.29, 1.82) is 10.5 Å². The van der Waals surface area contributed by atoms with Crippen LogP contribution in [0, 0.1) is 36.5 Å². The third-order valence-electron chi connectivity index (χ3n) is 5.39. The molecule has 2 aromatic rings. The third-order valence-corrected chi connectivity index (χ3v) is 5.39. The number of nitrogens with one attached hydrogen (secondary N) is 1. The number of nitrogens with zero attached hydrogens (tertiary/aromatic N) is 4. The second-order valence-electron chi connectivity index (χ2n) is 7.39. The Balaban J connectivity index is 2.15. The molecule has 0 spiro atoms. The van der Waals surface area contributed by atoms with Crippen LogP contribution in [0.3, 0.4) is 0 Å². The molecule has 28 heavy (non-hydrogen) atoms. The van der Waals surface area contributed by atoms with Crippen LogP contribution in [-0.2, 0) is 6.54 Å². The number of pyridine rings is 1. The summed E-state index contributed by atoms with van der Waals surface area (Å²) in [5.74, 6) is -0.0111. The lowest BCUT2D eigenvalue weighted by Crippen LogP contribution is -2.44. The van der Waals surface area contributed by atoms with Crippen molar-refractivity contribution in [3.05, 3.63) is 50.3 Å². The number of aromatic amines is 1. The zero-order valence-electron chi connectivity index (χ0n) is 16.5. The first-order valence-corrected chi connectivity index (χ1v) is 9.23. The largest absolute Gasteiger partial charge is 0.384 e. The van der Waals surface area contributed by atoms with E-state index in [1.165, 1.54) is 0 Å². The maximum Gasteiger partial charge on any atom is 0.268 e. The lowest BCUT2D eigenvalue weighted by Gasteiger charge is -2.33. The number of H-pyrrole nitrogens is 1. The molecule has 0 radical (unpaired) electrons. The van der Waals surface area contributed by atoms with E-state index >= 15 is 0 Å². The van der Waals surface area contributed by atoms with E-state index in [1.54, 1.807) is 0 Å². The Bertz CT molecular complexity index is 1050. The van der Waals surface area contributed by atoms with Crippen LogP contribution in [0.2, 0.25) is 0 Å². The predicted molar refractivity (Wildman–Crippen MR) is 109 cm³/mol. The quantitative estimate of drug-likeness (QED) is 0.843. The number of rotatable bonds is 3. The van der Waals surface area contributed by atoms with Crippen molar-refractivity contribution < 1.29 is 0 Å². The number of nitriles is 2. The van der Waals surface area contributed by atoms with Gasteiger partial charge in [-0.15, -0.1) is 0 Å². The summed E-state index contributed by atoms with van der Waals surface area (Å²) in [6.07, 6.45) is 0. The Morgan fingerprint density at radius 3 is 2.36 bits per heavy atom. The molecule has 1 aromatic carbocycles. The van der Waals surface area contributed by atoms with Gasteiger partial charge in [-0.2, -0.15) is 10.5 Å². The van der Waals surface area contributed by atoms with Crippen molar-refractivity contribution in [3.63, 3.8) is 0 Å². The van der Waals surface area contributed by atoms with Crippen molar-refractivity contribution in [2.24, 2.45) is 0 Å². The highest BCUT2D eigenvalue weighted by molar-refractivity contribution is 5.82. The molecule has 0 saturated carbocycles. The lowest BCUT2D eigenvalue weighted by atomic mass is 9.89. The molecule has 1 fully saturated rings. The third kappa shape index (κ3) is 3.63. The van der Waals surface area contributed by atoms with Gasteiger partial charge in [0.25, 0.3) is 5.56 Å². The minimum Gasteiger partial charge on any atom is -0.384 e. The van der Waals surface area contributed by atoms with Gasteiger partial charge < -0.3 is 15.6 Å². The van der Waals surface area contributed by atoms with E-state index in [-0.39, 0.29) is 16.9 Å². The van der Waals surface area contributed by atoms with E-state index in [1.807, 2.05) is 26.0 Å². The van der Waals surface area contributed by atoms with Gasteiger partial charge in [-0.25, -0.2) is 0 Å². The number of aromatic nitrogens is 1. The Morgan fingerprint density at radius 1 is 1.11 bits per heavy atom. The Kier molecular flexibility index (Phi) is 5.51. The molecule has 7 nitrogen and oxygen atoms in total. The number of nitrogens with two attached hydrogens (primary N) is 1. The van der Waals surface area contributed by atoms with E-state index < -0.39 is 5.56 Å². The molecule has 0 bridgehead atoms. The van der Waals surface area contributed by atoms with Crippen LogP contribution < -0.4 is 11.3 Å². The normalized spacial score (nSPS) is 15.2. The molecule has 0 atom stereocenters. The van der Waals surface area contributed by atoms with Gasteiger partial charge in [-0.3, -0.25) is 9.69 Å². The number of aryl methyl sites for hydroxylation is 1. The number of piperazine rings is 1. The number of benzene rings is 1. The highest BCUT2D eigenvalue weighted by atomic mass is 16.1. The highest BCUT2D eigenvalue weighted by Gasteiger charge is 2.22. The summed E-state index contributed by atoms with van der Waals surface area (Å²) in [6.45, 7) is 8.77. The van der Waals surface area contributed by atoms with Gasteiger partial charge in [0, 0.05) is 38.3 Å². The van der Waals surface area contributed by atoms with Crippen LogP contribution >= 0.6 is 0 Å². The second-order valence-corrected chi connectivity index (χ2v) is 7.39. The average molecular weight is 376 g/mol. The predicted octanol–water partition coefficient (Wildman–Crippen LogP) is 1.73. The molecule has 0 unspecified atom stereocenters. The number of nitrogen functional groups attached to an aromatic ring is 1. The average Bonchev–Trinajstić information content (AvgIpc) is 2.65. The van der Waals surface area contributed by atoms with E-state index in [4.69, 9.17) is 5.73 Å². The van der Waals surface area contributed by atoms with Crippen LogP contribution in [0.15, 0.2) is 16.9 Å². The van der Waals surface area contributed by atoms with Crippen LogP contribution in [0.25, 0.3) is 11.1 Å². The number of hydrogen-bond donors (Lipinski definition) is 2. The van der Waals surface area contributed by atoms with Gasteiger partial charge in [0.1, 0.15) is 29.1 Å². The first-order valence-electron chi connectivity index (χ1n) is 9.23. The summed E-state index contributed by atoms with van der Waals surface area (Å²) in [5, 5.41) is 19.2. The number of hydrogen-bond acceptors (Lipinski definition) is 6. The minimum absolute atomic E-state index is 0.0111. The summed E-state index contributed by atoms with van der Waals surface area (Å²) < 4.78 is 0. The fourth-order valence-electron chi connectivity index (χ4n) is 3.72. The van der Waals surface area contributed by atoms with Gasteiger partial charge in [-0.05, 0) is 37.6 Å². The Hall–Kier alpha value is -3.13. The molecule has 144 valence electrons. The van der Waals surface area contributed by atoms with E-state index in [0.29, 0.717) is 5.56 Å². The molecule has 3 N–H and O–H groups in total. The summed E-state index contributed by atoms with van der Waals surface area (Å²) in [6, 6.07) is 8.05. The fourth-order valence-corrected chi connectivity index (χ4v) is 3.72. The molecular weight excluding hydrogens is 352 g/mol. The Labute approximate surface area is 164 Å². The fraction of sp³-hybridized carbons (Fsp3) is 0.381. The summed E-state index contributed by atoms with van der Waals surface area (Å²) in [5.41, 5.74) is 9.51. The topological polar surface area (TPSA) is 113 Å². The molecule has 1 aromatic heterocycles. The van der Waals surface area contributed by atoms with Gasteiger partial charge in [0.2, 0.25) is 0 Å². The maximum atomic E-state index is 12.3. The first kappa shape index (κ1) is 19.6. The van der Waals surface area contributed by atoms with E-state index in [0.717, 1.165) is 55.0 Å². The molecule has 1 saturated heterocycles. The number of likely N-dealkylation sites (N-methyl/N-ethyl adjacent to an activating group) is 1. The molecule has 0 aliphatic carbocycles. The van der Waals surface area contributed by atoms with Gasteiger partial charge in [0.15, 0.2) is 0 Å². The molecule has 2 heterocycles. The molecule has 0 amide bonds. The van der Waals surface area contributed by atoms with Crippen LogP contribution in [0.5, 0.6) is 0 Å². The SMILES string of the molecule is Cc1cc(CN2CCN(C)CC2)c(C)c(-c2c(C#N)c(N)[nH]c(=O)c2C#N)c1. The van der Waals surface area contributed by atoms with Crippen LogP contribution in [0.4, 0.5) is 5.82 Å². The molecule has 1 aliphatic rings. The van der Waals surface area contributed by atoms with Crippen molar-refractivity contribution in [2.45, 2.75) is 20.4 Å². The molecular formula is C21H24N6O. The monoisotopic (exact) mass is 376 g/mol. The highest BCUT2D eigenvalue weighted by Crippen LogP contribution is 2.33. The van der Waals surface area contributed by atoms with Crippen molar-refractivity contribution in [1.82, 2.24) is 14.8 Å². The van der Waals surface area contributed by atoms with E-state index in [2.05, 4.69) is 34.0 Å². The number of anilines is 1. The smallest absolute Gasteiger partial charge is 0.268 e. The summed E-state index contributed by atoms with van der Waals surface area (Å²) in [4.78, 5) is 19.4. The van der Waals surface area contributed by atoms with Crippen molar-refractivity contribution in [2.75, 3.05) is 39.0 Å². The maximum absolute atomic E-state index is 12.3. The zero-order chi connectivity index (χ0) is 20.4. The first-order chi connectivity index (χ1) is 13.3. The molecule has 1 aliphatic heterocycles. The van der Waals surface area contributed by atoms with Crippen LogP contribution in [-0.4, -0.2) is 48.0 Å². The zero-order valence-corrected chi connectivity index (χ0v) is 16.5.